The summed E-state index contributed by atoms with van der Waals surface area (Å²) >= 11 is 1.73. The van der Waals surface area contributed by atoms with Crippen LogP contribution in [0, 0.1) is 0 Å². The Hall–Kier alpha value is -0.390. The summed E-state index contributed by atoms with van der Waals surface area (Å²) in [5.41, 5.74) is 5.99. The van der Waals surface area contributed by atoms with Crippen molar-refractivity contribution in [1.82, 2.24) is 5.32 Å². The third kappa shape index (κ3) is 2.47. The first-order chi connectivity index (χ1) is 4.93. The van der Waals surface area contributed by atoms with E-state index < -0.39 is 0 Å². The van der Waals surface area contributed by atoms with E-state index in [-0.39, 0.29) is 0 Å². The molecule has 0 aromatic carbocycles. The highest BCUT2D eigenvalue weighted by Gasteiger charge is 1.96. The molecule has 1 N–H and O–H groups in total. The van der Waals surface area contributed by atoms with Crippen LogP contribution in [-0.2, 0) is 0 Å². The number of rotatable bonds is 4. The largest absolute Gasteiger partial charge is 0.320 e. The van der Waals surface area contributed by atoms with Crippen LogP contribution in [0.1, 0.15) is 12.8 Å². The van der Waals surface area contributed by atoms with Gasteiger partial charge in [-0.2, -0.15) is 0 Å². The molecule has 0 fully saturated rings. The topological polar surface area (TPSA) is 12.0 Å². The second kappa shape index (κ2) is 4.43. The first kappa shape index (κ1) is 7.71. The molecule has 0 aromatic rings. The van der Waals surface area contributed by atoms with Gasteiger partial charge in [0.15, 0.2) is 0 Å². The lowest BCUT2D eigenvalue weighted by Crippen LogP contribution is -2.06. The van der Waals surface area contributed by atoms with Gasteiger partial charge in [-0.05, 0) is 26.4 Å². The predicted molar refractivity (Wildman–Crippen MR) is 45.9 cm³/mol. The van der Waals surface area contributed by atoms with Crippen molar-refractivity contribution in [2.75, 3.05) is 13.6 Å². The van der Waals surface area contributed by atoms with Gasteiger partial charge in [0.2, 0.25) is 0 Å². The average Bonchev–Trinajstić information content (AvgIpc) is 2.41. The first-order valence-electron chi connectivity index (χ1n) is 3.44. The molecule has 0 saturated carbocycles. The van der Waals surface area contributed by atoms with Crippen LogP contribution in [-0.4, -0.2) is 13.6 Å². The number of nitrogens with one attached hydrogen (secondary N) is 1. The maximum atomic E-state index is 3.11. The molecule has 10 heavy (non-hydrogen) atoms. The monoisotopic (exact) mass is 153 g/mol. The minimum atomic E-state index is 1.09. The smallest absolute Gasteiger partial charge is 0.0400 e. The fourth-order valence-corrected chi connectivity index (χ4v) is 1.43. The van der Waals surface area contributed by atoms with E-state index in [2.05, 4.69) is 16.8 Å². The van der Waals surface area contributed by atoms with Gasteiger partial charge in [-0.15, -0.1) is 0 Å². The van der Waals surface area contributed by atoms with Gasteiger partial charge >= 0.3 is 0 Å². The van der Waals surface area contributed by atoms with Crippen LogP contribution in [0.4, 0.5) is 0 Å². The molecule has 0 aliphatic carbocycles. The maximum Gasteiger partial charge on any atom is 0.0400 e. The molecule has 0 spiro atoms. The third-order valence-corrected chi connectivity index (χ3v) is 2.13. The summed E-state index contributed by atoms with van der Waals surface area (Å²) in [4.78, 5) is 1.32. The molecule has 0 atom stereocenters. The van der Waals surface area contributed by atoms with Crippen molar-refractivity contribution < 1.29 is 0 Å². The van der Waals surface area contributed by atoms with E-state index in [4.69, 9.17) is 0 Å². The van der Waals surface area contributed by atoms with Gasteiger partial charge in [0.05, 0.1) is 0 Å². The molecule has 0 unspecified atom stereocenters. The molecule has 0 bridgehead atoms. The zero-order valence-corrected chi connectivity index (χ0v) is 6.92. The second-order valence-electron chi connectivity index (χ2n) is 2.14. The van der Waals surface area contributed by atoms with Crippen LogP contribution in [0.15, 0.2) is 21.8 Å². The van der Waals surface area contributed by atoms with Gasteiger partial charge < -0.3 is 5.32 Å². The van der Waals surface area contributed by atoms with Crippen molar-refractivity contribution in [3.05, 3.63) is 21.8 Å². The molecule has 0 radical (unpaired) electrons. The molecule has 0 aromatic heterocycles. The quantitative estimate of drug-likeness (QED) is 0.489. The number of hydrogen-bond acceptors (Lipinski definition) is 2. The number of thioether (sulfide) groups is 1. The lowest BCUT2D eigenvalue weighted by atomic mass is 10.3. The molecule has 1 aliphatic heterocycles. The van der Waals surface area contributed by atoms with E-state index in [0.717, 1.165) is 13.0 Å². The summed E-state index contributed by atoms with van der Waals surface area (Å²) in [6, 6.07) is 0. The predicted octanol–water partition coefficient (Wildman–Crippen LogP) is 1.88. The molecular formula is C8H11NS. The van der Waals surface area contributed by atoms with E-state index in [0.29, 0.717) is 0 Å². The normalized spacial score (nSPS) is 14.3. The van der Waals surface area contributed by atoms with Crippen LogP contribution in [0.3, 0.4) is 0 Å². The highest BCUT2D eigenvalue weighted by molar-refractivity contribution is 8.05. The second-order valence-corrected chi connectivity index (χ2v) is 3.10. The minimum Gasteiger partial charge on any atom is -0.320 e. The first-order valence-corrected chi connectivity index (χ1v) is 4.32. The van der Waals surface area contributed by atoms with Crippen molar-refractivity contribution in [1.29, 1.82) is 0 Å². The van der Waals surface area contributed by atoms with Crippen LogP contribution in [0.2, 0.25) is 0 Å². The van der Waals surface area contributed by atoms with Crippen LogP contribution >= 0.6 is 11.8 Å². The molecule has 54 valence electrons. The van der Waals surface area contributed by atoms with Crippen molar-refractivity contribution >= 4 is 11.8 Å². The van der Waals surface area contributed by atoms with E-state index in [9.17, 15) is 0 Å². The van der Waals surface area contributed by atoms with Crippen molar-refractivity contribution in [3.63, 3.8) is 0 Å². The Kier molecular flexibility index (Phi) is 3.42. The van der Waals surface area contributed by atoms with Crippen LogP contribution in [0.25, 0.3) is 0 Å². The van der Waals surface area contributed by atoms with Crippen LogP contribution in [0.5, 0.6) is 0 Å². The molecule has 2 heteroatoms. The van der Waals surface area contributed by atoms with E-state index in [1.54, 1.807) is 11.8 Å². The molecule has 1 heterocycles. The summed E-state index contributed by atoms with van der Waals surface area (Å²) in [6.45, 7) is 1.09. The molecule has 1 nitrogen and oxygen atoms in total. The Balaban J connectivity index is 2.15. The average molecular weight is 153 g/mol. The Morgan fingerprint density at radius 2 is 2.60 bits per heavy atom. The Morgan fingerprint density at radius 3 is 3.20 bits per heavy atom. The summed E-state index contributed by atoms with van der Waals surface area (Å²) in [6.07, 6.45) is 2.33. The number of allylic oxidation sites excluding steroid dienone is 1. The van der Waals surface area contributed by atoms with Gasteiger partial charge in [0, 0.05) is 10.3 Å². The van der Waals surface area contributed by atoms with Crippen molar-refractivity contribution in [2.24, 2.45) is 0 Å². The molecule has 1 rings (SSSR count). The van der Waals surface area contributed by atoms with E-state index in [1.165, 1.54) is 11.3 Å². The highest BCUT2D eigenvalue weighted by Crippen LogP contribution is 2.22. The standard InChI is InChI=1S/C8H11NS/c1-9-6-2-4-8-5-3-7-10-8/h7,9H,2,4,6H2,1H3. The van der Waals surface area contributed by atoms with Crippen molar-refractivity contribution in [2.45, 2.75) is 12.8 Å². The lowest BCUT2D eigenvalue weighted by Gasteiger charge is -1.97. The molecule has 0 saturated heterocycles. The van der Waals surface area contributed by atoms with Crippen molar-refractivity contribution in [3.8, 4) is 0 Å². The highest BCUT2D eigenvalue weighted by atomic mass is 32.2. The maximum absolute atomic E-state index is 3.11. The fraction of sp³-hybridized carbons (Fsp3) is 0.500. The zero-order valence-electron chi connectivity index (χ0n) is 6.11. The summed E-state index contributed by atoms with van der Waals surface area (Å²) < 4.78 is 0. The van der Waals surface area contributed by atoms with Gasteiger partial charge in [-0.1, -0.05) is 23.2 Å². The zero-order chi connectivity index (χ0) is 7.23. The lowest BCUT2D eigenvalue weighted by molar-refractivity contribution is 0.733. The Labute approximate surface area is 65.9 Å². The Bertz CT molecular complexity index is 195. The van der Waals surface area contributed by atoms with Gasteiger partial charge in [-0.25, -0.2) is 0 Å². The van der Waals surface area contributed by atoms with E-state index in [1.807, 2.05) is 12.5 Å². The molecule has 1 aliphatic rings. The van der Waals surface area contributed by atoms with Crippen LogP contribution < -0.4 is 5.32 Å². The molecular weight excluding hydrogens is 142 g/mol. The summed E-state index contributed by atoms with van der Waals surface area (Å²) in [5, 5.41) is 5.06. The number of hydrogen-bond donors (Lipinski definition) is 1. The minimum absolute atomic E-state index is 1.09. The van der Waals surface area contributed by atoms with Gasteiger partial charge in [-0.3, -0.25) is 0 Å². The molecule has 0 amide bonds. The summed E-state index contributed by atoms with van der Waals surface area (Å²) in [7, 11) is 1.98. The van der Waals surface area contributed by atoms with E-state index >= 15 is 0 Å². The van der Waals surface area contributed by atoms with Gasteiger partial charge in [0.1, 0.15) is 0 Å². The third-order valence-electron chi connectivity index (χ3n) is 1.30. The summed E-state index contributed by atoms with van der Waals surface area (Å²) in [5.74, 6) is 0. The fourth-order valence-electron chi connectivity index (χ4n) is 0.787. The Morgan fingerprint density at radius 1 is 1.70 bits per heavy atom. The van der Waals surface area contributed by atoms with Gasteiger partial charge in [0.25, 0.3) is 0 Å². The SMILES string of the molecule is CNCCCC1=C=C=CS1.